The highest BCUT2D eigenvalue weighted by Crippen LogP contribution is 2.27. The van der Waals surface area contributed by atoms with Crippen LogP contribution < -0.4 is 10.2 Å². The van der Waals surface area contributed by atoms with Gasteiger partial charge in [0.25, 0.3) is 0 Å². The Morgan fingerprint density at radius 2 is 2.21 bits per heavy atom. The van der Waals surface area contributed by atoms with E-state index < -0.39 is 11.7 Å². The lowest BCUT2D eigenvalue weighted by Crippen LogP contribution is -2.50. The van der Waals surface area contributed by atoms with Gasteiger partial charge in [-0.15, -0.1) is 5.10 Å². The van der Waals surface area contributed by atoms with E-state index in [9.17, 15) is 4.79 Å². The quantitative estimate of drug-likeness (QED) is 0.573. The van der Waals surface area contributed by atoms with Gasteiger partial charge in [-0.25, -0.2) is 4.79 Å². The fraction of sp³-hybridized carbons (Fsp3) is 0.550. The minimum Gasteiger partial charge on any atom is -0.444 e. The molecule has 0 aliphatic carbocycles. The SMILES string of the molecule is C/C=N/N=C(\C)C=CC1CC(NC(=O)OC(C)(C)C)CCN1c1cnnc(Cl)c1. The average Bonchev–Trinajstić information content (AvgIpc) is 2.63. The minimum absolute atomic E-state index is 0.00748. The van der Waals surface area contributed by atoms with Gasteiger partial charge in [0.1, 0.15) is 5.60 Å². The lowest BCUT2D eigenvalue weighted by Gasteiger charge is -2.39. The number of nitrogens with one attached hydrogen (secondary N) is 1. The van der Waals surface area contributed by atoms with Gasteiger partial charge in [0.05, 0.1) is 17.6 Å². The zero-order chi connectivity index (χ0) is 21.4. The Bertz CT molecular complexity index is 787. The summed E-state index contributed by atoms with van der Waals surface area (Å²) in [7, 11) is 0. The second-order valence-electron chi connectivity index (χ2n) is 7.84. The third kappa shape index (κ3) is 7.81. The van der Waals surface area contributed by atoms with E-state index in [1.165, 1.54) is 0 Å². The fourth-order valence-electron chi connectivity index (χ4n) is 3.03. The molecule has 9 heteroatoms. The van der Waals surface area contributed by atoms with Crippen molar-refractivity contribution in [1.82, 2.24) is 15.5 Å². The summed E-state index contributed by atoms with van der Waals surface area (Å²) in [6.45, 7) is 9.97. The van der Waals surface area contributed by atoms with E-state index in [4.69, 9.17) is 16.3 Å². The number of hydrogen-bond donors (Lipinski definition) is 1. The second kappa shape index (κ2) is 10.3. The standard InChI is InChI=1S/C20H29ClN6O2/c1-6-22-25-14(2)7-8-16-11-15(24-19(28)29-20(3,4)5)9-10-27(16)17-12-18(21)26-23-13-17/h6-8,12-13,15-16H,9-11H2,1-5H3,(H,24,28)/b8-7?,22-6+,25-14+. The first-order valence-electron chi connectivity index (χ1n) is 9.63. The number of halogens is 1. The van der Waals surface area contributed by atoms with E-state index in [1.54, 1.807) is 18.5 Å². The summed E-state index contributed by atoms with van der Waals surface area (Å²) in [5.74, 6) is 0. The van der Waals surface area contributed by atoms with Crippen LogP contribution in [0.2, 0.25) is 5.15 Å². The van der Waals surface area contributed by atoms with Gasteiger partial charge in [-0.05, 0) is 53.5 Å². The molecular formula is C20H29ClN6O2. The van der Waals surface area contributed by atoms with Crippen molar-refractivity contribution in [1.29, 1.82) is 0 Å². The maximum Gasteiger partial charge on any atom is 0.407 e. The second-order valence-corrected chi connectivity index (χ2v) is 8.23. The van der Waals surface area contributed by atoms with Gasteiger partial charge >= 0.3 is 6.09 Å². The lowest BCUT2D eigenvalue weighted by molar-refractivity contribution is 0.0495. The first-order chi connectivity index (χ1) is 13.7. The number of piperidine rings is 1. The molecule has 8 nitrogen and oxygen atoms in total. The number of carbonyl (C=O) groups excluding carboxylic acids is 1. The number of hydrogen-bond acceptors (Lipinski definition) is 7. The van der Waals surface area contributed by atoms with Crippen LogP contribution in [0.5, 0.6) is 0 Å². The summed E-state index contributed by atoms with van der Waals surface area (Å²) in [4.78, 5) is 14.4. The minimum atomic E-state index is -0.531. The average molecular weight is 421 g/mol. The van der Waals surface area contributed by atoms with E-state index in [1.807, 2.05) is 40.7 Å². The molecule has 0 bridgehead atoms. The van der Waals surface area contributed by atoms with Gasteiger partial charge in [-0.3, -0.25) is 0 Å². The topological polar surface area (TPSA) is 92.1 Å². The number of rotatable bonds is 5. The van der Waals surface area contributed by atoms with E-state index in [2.05, 4.69) is 36.7 Å². The maximum atomic E-state index is 12.2. The van der Waals surface area contributed by atoms with Crippen LogP contribution >= 0.6 is 11.6 Å². The molecule has 1 fully saturated rings. The number of anilines is 1. The fourth-order valence-corrected chi connectivity index (χ4v) is 3.18. The van der Waals surface area contributed by atoms with Crippen molar-refractivity contribution in [2.45, 2.75) is 65.1 Å². The molecule has 0 aromatic carbocycles. The van der Waals surface area contributed by atoms with E-state index in [0.717, 1.165) is 24.4 Å². The number of alkyl carbamates (subject to hydrolysis) is 1. The Morgan fingerprint density at radius 3 is 2.86 bits per heavy atom. The van der Waals surface area contributed by atoms with Crippen LogP contribution in [-0.4, -0.2) is 52.4 Å². The summed E-state index contributed by atoms with van der Waals surface area (Å²) in [5.41, 5.74) is 1.14. The lowest BCUT2D eigenvalue weighted by atomic mass is 9.96. The van der Waals surface area contributed by atoms with Gasteiger partial charge in [0.2, 0.25) is 0 Å². The molecule has 1 saturated heterocycles. The third-order valence-corrected chi connectivity index (χ3v) is 4.38. The smallest absolute Gasteiger partial charge is 0.407 e. The molecule has 0 spiro atoms. The van der Waals surface area contributed by atoms with Gasteiger partial charge < -0.3 is 15.0 Å². The van der Waals surface area contributed by atoms with E-state index >= 15 is 0 Å². The van der Waals surface area contributed by atoms with Crippen molar-refractivity contribution >= 4 is 35.3 Å². The molecule has 1 amide bonds. The number of carbonyl (C=O) groups is 1. The Morgan fingerprint density at radius 1 is 1.45 bits per heavy atom. The molecule has 2 heterocycles. The zero-order valence-electron chi connectivity index (χ0n) is 17.6. The van der Waals surface area contributed by atoms with Gasteiger partial charge in [0, 0.05) is 30.9 Å². The Labute approximate surface area is 177 Å². The van der Waals surface area contributed by atoms with Gasteiger partial charge in [-0.1, -0.05) is 17.7 Å². The predicted octanol–water partition coefficient (Wildman–Crippen LogP) is 4.01. The van der Waals surface area contributed by atoms with Crippen LogP contribution in [0.3, 0.4) is 0 Å². The van der Waals surface area contributed by atoms with Crippen molar-refractivity contribution in [2.24, 2.45) is 10.2 Å². The van der Waals surface area contributed by atoms with Crippen LogP contribution in [-0.2, 0) is 4.74 Å². The third-order valence-electron chi connectivity index (χ3n) is 4.20. The van der Waals surface area contributed by atoms with E-state index in [0.29, 0.717) is 11.6 Å². The van der Waals surface area contributed by atoms with Crippen molar-refractivity contribution in [3.63, 3.8) is 0 Å². The van der Waals surface area contributed by atoms with Gasteiger partial charge in [0.15, 0.2) is 5.15 Å². The van der Waals surface area contributed by atoms with Crippen molar-refractivity contribution in [3.8, 4) is 0 Å². The maximum absolute atomic E-state index is 12.2. The molecule has 2 unspecified atom stereocenters. The number of aromatic nitrogens is 2. The van der Waals surface area contributed by atoms with Crippen molar-refractivity contribution in [2.75, 3.05) is 11.4 Å². The molecule has 1 aliphatic heterocycles. The molecule has 2 rings (SSSR count). The highest BCUT2D eigenvalue weighted by molar-refractivity contribution is 6.29. The Balaban J connectivity index is 2.16. The molecule has 158 valence electrons. The monoisotopic (exact) mass is 420 g/mol. The molecule has 0 radical (unpaired) electrons. The molecule has 1 aliphatic rings. The first kappa shape index (κ1) is 22.8. The molecule has 1 aromatic heterocycles. The van der Waals surface area contributed by atoms with Crippen LogP contribution in [0.25, 0.3) is 0 Å². The summed E-state index contributed by atoms with van der Waals surface area (Å²) >= 11 is 6.03. The van der Waals surface area contributed by atoms with Crippen molar-refractivity contribution in [3.05, 3.63) is 29.6 Å². The summed E-state index contributed by atoms with van der Waals surface area (Å²) < 4.78 is 5.39. The molecule has 2 atom stereocenters. The van der Waals surface area contributed by atoms with E-state index in [-0.39, 0.29) is 12.1 Å². The molecule has 0 saturated carbocycles. The number of allylic oxidation sites excluding steroid dienone is 1. The Hall–Kier alpha value is -2.48. The van der Waals surface area contributed by atoms with Crippen LogP contribution in [0.4, 0.5) is 10.5 Å². The van der Waals surface area contributed by atoms with Crippen LogP contribution in [0.15, 0.2) is 34.6 Å². The molecular weight excluding hydrogens is 392 g/mol. The number of amides is 1. The summed E-state index contributed by atoms with van der Waals surface area (Å²) in [6.07, 6.45) is 8.39. The summed E-state index contributed by atoms with van der Waals surface area (Å²) in [5, 5.41) is 19.1. The molecule has 29 heavy (non-hydrogen) atoms. The number of nitrogens with zero attached hydrogens (tertiary/aromatic N) is 5. The summed E-state index contributed by atoms with van der Waals surface area (Å²) in [6, 6.07) is 1.80. The largest absolute Gasteiger partial charge is 0.444 e. The first-order valence-corrected chi connectivity index (χ1v) is 10.0. The molecule has 1 N–H and O–H groups in total. The predicted molar refractivity (Wildman–Crippen MR) is 117 cm³/mol. The van der Waals surface area contributed by atoms with Crippen LogP contribution in [0, 0.1) is 0 Å². The van der Waals surface area contributed by atoms with Crippen molar-refractivity contribution < 1.29 is 9.53 Å². The number of ether oxygens (including phenoxy) is 1. The molecule has 1 aromatic rings. The normalized spacial score (nSPS) is 21.0. The highest BCUT2D eigenvalue weighted by atomic mass is 35.5. The Kier molecular flexibility index (Phi) is 8.13. The highest BCUT2D eigenvalue weighted by Gasteiger charge is 2.29. The van der Waals surface area contributed by atoms with Crippen LogP contribution in [0.1, 0.15) is 47.5 Å². The zero-order valence-corrected chi connectivity index (χ0v) is 18.3. The van der Waals surface area contributed by atoms with Gasteiger partial charge in [-0.2, -0.15) is 15.3 Å².